The molecule has 2 heterocycles. The number of hydrogen-bond donors (Lipinski definition) is 0. The molecule has 0 spiro atoms. The molecule has 0 saturated carbocycles. The molecule has 1 aromatic carbocycles. The highest BCUT2D eigenvalue weighted by Gasteiger charge is 2.37. The Hall–Kier alpha value is -2.11. The zero-order valence-corrected chi connectivity index (χ0v) is 14.6. The lowest BCUT2D eigenvalue weighted by atomic mass is 9.97. The van der Waals surface area contributed by atoms with Gasteiger partial charge in [-0.05, 0) is 44.0 Å². The predicted molar refractivity (Wildman–Crippen MR) is 91.6 cm³/mol. The van der Waals surface area contributed by atoms with Crippen LogP contribution >= 0.6 is 0 Å². The Morgan fingerprint density at radius 2 is 2.04 bits per heavy atom. The lowest BCUT2D eigenvalue weighted by Gasteiger charge is -2.34. The van der Waals surface area contributed by atoms with E-state index in [9.17, 15) is 14.0 Å². The predicted octanol–water partition coefficient (Wildman–Crippen LogP) is 2.31. The molecule has 136 valence electrons. The molecule has 6 heteroatoms. The van der Waals surface area contributed by atoms with E-state index < -0.39 is 0 Å². The van der Waals surface area contributed by atoms with Crippen LogP contribution in [0.3, 0.4) is 0 Å². The van der Waals surface area contributed by atoms with Crippen molar-refractivity contribution >= 4 is 11.8 Å². The van der Waals surface area contributed by atoms with Gasteiger partial charge < -0.3 is 14.5 Å². The summed E-state index contributed by atoms with van der Waals surface area (Å²) in [5, 5.41) is 0. The second-order valence-corrected chi connectivity index (χ2v) is 6.89. The average molecular weight is 348 g/mol. The topological polar surface area (TPSA) is 49.9 Å². The van der Waals surface area contributed by atoms with Crippen LogP contribution in [-0.2, 0) is 9.59 Å². The molecule has 0 radical (unpaired) electrons. The first kappa shape index (κ1) is 17.7. The molecule has 2 amide bonds. The van der Waals surface area contributed by atoms with Gasteiger partial charge in [-0.3, -0.25) is 9.59 Å². The molecule has 0 unspecified atom stereocenters. The molecule has 0 N–H and O–H groups in total. The Balaban J connectivity index is 1.51. The standard InChI is InChI=1S/C19H25FN2O3/c1-2-21-12-15(10-18(21)23)19(24)22-9-3-4-14(11-22)13-25-17-7-5-16(20)6-8-17/h5-8,14-15H,2-4,9-13H2,1H3/t14-,15-/m1/s1. The summed E-state index contributed by atoms with van der Waals surface area (Å²) in [4.78, 5) is 28.2. The van der Waals surface area contributed by atoms with Crippen LogP contribution in [0.1, 0.15) is 26.2 Å². The molecule has 1 aromatic rings. The van der Waals surface area contributed by atoms with Gasteiger partial charge in [-0.2, -0.15) is 0 Å². The van der Waals surface area contributed by atoms with E-state index in [1.807, 2.05) is 11.8 Å². The molecule has 2 aliphatic heterocycles. The van der Waals surface area contributed by atoms with Crippen LogP contribution in [0.2, 0.25) is 0 Å². The van der Waals surface area contributed by atoms with E-state index in [2.05, 4.69) is 0 Å². The van der Waals surface area contributed by atoms with E-state index in [1.165, 1.54) is 12.1 Å². The van der Waals surface area contributed by atoms with Gasteiger partial charge in [-0.15, -0.1) is 0 Å². The van der Waals surface area contributed by atoms with Crippen molar-refractivity contribution in [2.75, 3.05) is 32.8 Å². The van der Waals surface area contributed by atoms with Gasteiger partial charge in [-0.1, -0.05) is 0 Å². The van der Waals surface area contributed by atoms with E-state index in [0.29, 0.717) is 38.4 Å². The fourth-order valence-electron chi connectivity index (χ4n) is 3.65. The molecule has 2 saturated heterocycles. The summed E-state index contributed by atoms with van der Waals surface area (Å²) in [6.07, 6.45) is 2.29. The van der Waals surface area contributed by atoms with Crippen molar-refractivity contribution in [1.82, 2.24) is 9.80 Å². The number of likely N-dealkylation sites (tertiary alicyclic amines) is 2. The molecule has 2 aliphatic rings. The third-order valence-corrected chi connectivity index (χ3v) is 5.08. The highest BCUT2D eigenvalue weighted by atomic mass is 19.1. The van der Waals surface area contributed by atoms with Crippen molar-refractivity contribution < 1.29 is 18.7 Å². The van der Waals surface area contributed by atoms with E-state index in [4.69, 9.17) is 4.74 Å². The number of carbonyl (C=O) groups excluding carboxylic acids is 2. The third-order valence-electron chi connectivity index (χ3n) is 5.08. The summed E-state index contributed by atoms with van der Waals surface area (Å²) in [5.41, 5.74) is 0. The number of hydrogen-bond acceptors (Lipinski definition) is 3. The monoisotopic (exact) mass is 348 g/mol. The molecule has 0 aliphatic carbocycles. The van der Waals surface area contributed by atoms with E-state index in [0.717, 1.165) is 19.4 Å². The number of ether oxygens (including phenoxy) is 1. The maximum Gasteiger partial charge on any atom is 0.228 e. The van der Waals surface area contributed by atoms with E-state index in [1.54, 1.807) is 17.0 Å². The Labute approximate surface area is 147 Å². The first-order valence-electron chi connectivity index (χ1n) is 9.01. The fraction of sp³-hybridized carbons (Fsp3) is 0.579. The molecular weight excluding hydrogens is 323 g/mol. The highest BCUT2D eigenvalue weighted by molar-refractivity contribution is 5.89. The summed E-state index contributed by atoms with van der Waals surface area (Å²) in [6, 6.07) is 5.99. The number of halogens is 1. The van der Waals surface area contributed by atoms with Gasteiger partial charge in [-0.25, -0.2) is 4.39 Å². The van der Waals surface area contributed by atoms with Crippen LogP contribution in [0, 0.1) is 17.7 Å². The van der Waals surface area contributed by atoms with Crippen molar-refractivity contribution in [2.45, 2.75) is 26.2 Å². The Morgan fingerprint density at radius 1 is 1.28 bits per heavy atom. The highest BCUT2D eigenvalue weighted by Crippen LogP contribution is 2.24. The van der Waals surface area contributed by atoms with Gasteiger partial charge in [0.25, 0.3) is 0 Å². The van der Waals surface area contributed by atoms with Crippen molar-refractivity contribution in [1.29, 1.82) is 0 Å². The van der Waals surface area contributed by atoms with Gasteiger partial charge >= 0.3 is 0 Å². The van der Waals surface area contributed by atoms with Gasteiger partial charge in [0, 0.05) is 38.5 Å². The number of rotatable bonds is 5. The summed E-state index contributed by atoms with van der Waals surface area (Å²) < 4.78 is 18.7. The Bertz CT molecular complexity index is 620. The second-order valence-electron chi connectivity index (χ2n) is 6.89. The van der Waals surface area contributed by atoms with Crippen LogP contribution in [-0.4, -0.2) is 54.4 Å². The number of nitrogens with zero attached hydrogens (tertiary/aromatic N) is 2. The summed E-state index contributed by atoms with van der Waals surface area (Å²) in [6.45, 7) is 5.08. The van der Waals surface area contributed by atoms with Gasteiger partial charge in [0.05, 0.1) is 12.5 Å². The molecule has 2 atom stereocenters. The van der Waals surface area contributed by atoms with Crippen LogP contribution in [0.25, 0.3) is 0 Å². The quantitative estimate of drug-likeness (QED) is 0.820. The largest absolute Gasteiger partial charge is 0.493 e. The SMILES string of the molecule is CCN1C[C@H](C(=O)N2CCC[C@@H](COc3ccc(F)cc3)C2)CC1=O. The lowest BCUT2D eigenvalue weighted by Crippen LogP contribution is -2.44. The second kappa shape index (κ2) is 7.85. The molecule has 0 aromatic heterocycles. The minimum Gasteiger partial charge on any atom is -0.493 e. The summed E-state index contributed by atoms with van der Waals surface area (Å²) in [5.74, 6) is 0.593. The maximum absolute atomic E-state index is 12.9. The van der Waals surface area contributed by atoms with Crippen molar-refractivity contribution in [2.24, 2.45) is 11.8 Å². The minimum atomic E-state index is -0.283. The number of amides is 2. The number of benzene rings is 1. The van der Waals surface area contributed by atoms with Crippen LogP contribution in [0.4, 0.5) is 4.39 Å². The molecule has 0 bridgehead atoms. The first-order chi connectivity index (χ1) is 12.1. The Kier molecular flexibility index (Phi) is 5.56. The minimum absolute atomic E-state index is 0.0778. The molecular formula is C19H25FN2O3. The zero-order chi connectivity index (χ0) is 17.8. The van der Waals surface area contributed by atoms with Crippen molar-refractivity contribution in [3.8, 4) is 5.75 Å². The lowest BCUT2D eigenvalue weighted by molar-refractivity contribution is -0.137. The van der Waals surface area contributed by atoms with Gasteiger partial charge in [0.15, 0.2) is 0 Å². The molecule has 5 nitrogen and oxygen atoms in total. The fourth-order valence-corrected chi connectivity index (χ4v) is 3.65. The van der Waals surface area contributed by atoms with Crippen LogP contribution < -0.4 is 4.74 Å². The third kappa shape index (κ3) is 4.30. The summed E-state index contributed by atoms with van der Waals surface area (Å²) >= 11 is 0. The number of piperidine rings is 1. The van der Waals surface area contributed by atoms with Crippen LogP contribution in [0.15, 0.2) is 24.3 Å². The van der Waals surface area contributed by atoms with Gasteiger partial charge in [0.1, 0.15) is 11.6 Å². The molecule has 2 fully saturated rings. The normalized spacial score (nSPS) is 23.8. The van der Waals surface area contributed by atoms with E-state index in [-0.39, 0.29) is 29.5 Å². The molecule has 25 heavy (non-hydrogen) atoms. The van der Waals surface area contributed by atoms with Crippen molar-refractivity contribution in [3.05, 3.63) is 30.1 Å². The zero-order valence-electron chi connectivity index (χ0n) is 14.6. The number of carbonyl (C=O) groups is 2. The Morgan fingerprint density at radius 3 is 2.72 bits per heavy atom. The smallest absolute Gasteiger partial charge is 0.228 e. The van der Waals surface area contributed by atoms with Crippen molar-refractivity contribution in [3.63, 3.8) is 0 Å². The average Bonchev–Trinajstić information content (AvgIpc) is 3.01. The summed E-state index contributed by atoms with van der Waals surface area (Å²) in [7, 11) is 0. The van der Waals surface area contributed by atoms with E-state index >= 15 is 0 Å². The van der Waals surface area contributed by atoms with Crippen LogP contribution in [0.5, 0.6) is 5.75 Å². The maximum atomic E-state index is 12.9. The molecule has 3 rings (SSSR count). The van der Waals surface area contributed by atoms with Gasteiger partial charge in [0.2, 0.25) is 11.8 Å². The first-order valence-corrected chi connectivity index (χ1v) is 9.01.